The largest absolute Gasteiger partial charge is 0.423 e. The zero-order chi connectivity index (χ0) is 18.6. The Kier molecular flexibility index (Phi) is 5.10. The topological polar surface area (TPSA) is 58.4 Å². The molecule has 1 saturated heterocycles. The summed E-state index contributed by atoms with van der Waals surface area (Å²) >= 11 is 0. The van der Waals surface area contributed by atoms with Gasteiger partial charge in [-0.05, 0) is 43.9 Å². The van der Waals surface area contributed by atoms with Crippen LogP contribution in [0.3, 0.4) is 0 Å². The Balaban J connectivity index is 1.32. The second-order valence-corrected chi connectivity index (χ2v) is 7.25. The van der Waals surface area contributed by atoms with Crippen molar-refractivity contribution in [1.29, 1.82) is 0 Å². The number of carbonyl (C=O) groups excluding carboxylic acids is 1. The highest BCUT2D eigenvalue weighted by atomic mass is 16.4. The molecule has 140 valence electrons. The van der Waals surface area contributed by atoms with Gasteiger partial charge in [-0.2, -0.15) is 4.98 Å². The maximum absolute atomic E-state index is 12.3. The number of hydrogen-bond acceptors (Lipinski definition) is 4. The Morgan fingerprint density at radius 3 is 3.00 bits per heavy atom. The van der Waals surface area contributed by atoms with Crippen LogP contribution >= 0.6 is 0 Å². The second-order valence-electron chi connectivity index (χ2n) is 7.25. The quantitative estimate of drug-likeness (QED) is 0.723. The van der Waals surface area contributed by atoms with Crippen LogP contribution in [0, 0.1) is 6.92 Å². The van der Waals surface area contributed by atoms with Gasteiger partial charge in [-0.1, -0.05) is 42.0 Å². The molecule has 3 aromatic rings. The number of aryl methyl sites for hydroxylation is 2. The summed E-state index contributed by atoms with van der Waals surface area (Å²) in [4.78, 5) is 19.1. The first-order valence-electron chi connectivity index (χ1n) is 9.63. The lowest BCUT2D eigenvalue weighted by molar-refractivity contribution is -0.121. The van der Waals surface area contributed by atoms with Crippen LogP contribution in [-0.2, 0) is 11.2 Å². The van der Waals surface area contributed by atoms with Crippen molar-refractivity contribution < 1.29 is 9.21 Å². The molecule has 27 heavy (non-hydrogen) atoms. The second kappa shape index (κ2) is 7.82. The maximum atomic E-state index is 12.3. The molecule has 1 aliphatic heterocycles. The first kappa shape index (κ1) is 17.6. The summed E-state index contributed by atoms with van der Waals surface area (Å²) in [5.74, 6) is 0.0981. The summed E-state index contributed by atoms with van der Waals surface area (Å²) < 4.78 is 5.91. The molecule has 1 unspecified atom stereocenters. The molecule has 4 rings (SSSR count). The number of aromatic nitrogens is 1. The van der Waals surface area contributed by atoms with Crippen molar-refractivity contribution in [3.05, 3.63) is 59.7 Å². The summed E-state index contributed by atoms with van der Waals surface area (Å²) in [6, 6.07) is 17.0. The number of fused-ring (bicyclic) bond motifs is 1. The van der Waals surface area contributed by atoms with E-state index >= 15 is 0 Å². The lowest BCUT2D eigenvalue weighted by Crippen LogP contribution is -2.40. The van der Waals surface area contributed by atoms with Gasteiger partial charge < -0.3 is 14.6 Å². The molecule has 1 fully saturated rings. The Morgan fingerprint density at radius 2 is 2.15 bits per heavy atom. The van der Waals surface area contributed by atoms with Crippen molar-refractivity contribution in [3.63, 3.8) is 0 Å². The number of para-hydroxylation sites is 2. The van der Waals surface area contributed by atoms with Gasteiger partial charge in [-0.15, -0.1) is 0 Å². The third kappa shape index (κ3) is 4.13. The number of hydrogen-bond donors (Lipinski definition) is 1. The number of anilines is 1. The average molecular weight is 363 g/mol. The molecule has 0 saturated carbocycles. The molecular weight excluding hydrogens is 338 g/mol. The van der Waals surface area contributed by atoms with E-state index in [9.17, 15) is 4.79 Å². The van der Waals surface area contributed by atoms with Gasteiger partial charge in [0.2, 0.25) is 5.91 Å². The number of carbonyl (C=O) groups is 1. The van der Waals surface area contributed by atoms with Crippen LogP contribution in [0.25, 0.3) is 11.1 Å². The van der Waals surface area contributed by atoms with Crippen molar-refractivity contribution in [1.82, 2.24) is 10.3 Å². The van der Waals surface area contributed by atoms with Crippen LogP contribution < -0.4 is 10.2 Å². The van der Waals surface area contributed by atoms with Crippen molar-refractivity contribution >= 4 is 23.0 Å². The minimum atomic E-state index is 0.0981. The molecule has 1 atom stereocenters. The molecule has 5 nitrogen and oxygen atoms in total. The number of nitrogens with zero attached hydrogens (tertiary/aromatic N) is 2. The molecule has 0 spiro atoms. The fourth-order valence-electron chi connectivity index (χ4n) is 3.73. The molecule has 0 bridgehead atoms. The summed E-state index contributed by atoms with van der Waals surface area (Å²) in [6.07, 6.45) is 3.41. The SMILES string of the molecule is Cc1cccc(CCC(=O)NCC2CCCN2c2nc3ccccc3o2)c1. The smallest absolute Gasteiger partial charge is 0.298 e. The molecule has 5 heteroatoms. The number of amides is 1. The van der Waals surface area contributed by atoms with E-state index in [1.54, 1.807) is 0 Å². The lowest BCUT2D eigenvalue weighted by Gasteiger charge is -2.23. The number of benzene rings is 2. The minimum absolute atomic E-state index is 0.0981. The molecule has 0 aliphatic carbocycles. The first-order valence-corrected chi connectivity index (χ1v) is 9.63. The Morgan fingerprint density at radius 1 is 1.26 bits per heavy atom. The number of rotatable bonds is 6. The fraction of sp³-hybridized carbons (Fsp3) is 0.364. The zero-order valence-electron chi connectivity index (χ0n) is 15.6. The van der Waals surface area contributed by atoms with E-state index in [2.05, 4.69) is 40.3 Å². The van der Waals surface area contributed by atoms with Crippen LogP contribution in [0.2, 0.25) is 0 Å². The zero-order valence-corrected chi connectivity index (χ0v) is 15.6. The number of nitrogens with one attached hydrogen (secondary N) is 1. The molecule has 0 radical (unpaired) electrons. The first-order chi connectivity index (χ1) is 13.2. The summed E-state index contributed by atoms with van der Waals surface area (Å²) in [7, 11) is 0. The Labute approximate surface area is 159 Å². The van der Waals surface area contributed by atoms with E-state index in [1.165, 1.54) is 11.1 Å². The molecule has 1 aromatic heterocycles. The molecular formula is C22H25N3O2. The highest BCUT2D eigenvalue weighted by molar-refractivity contribution is 5.76. The van der Waals surface area contributed by atoms with Crippen molar-refractivity contribution in [2.24, 2.45) is 0 Å². The maximum Gasteiger partial charge on any atom is 0.298 e. The van der Waals surface area contributed by atoms with E-state index in [-0.39, 0.29) is 11.9 Å². The molecule has 2 aromatic carbocycles. The van der Waals surface area contributed by atoms with Crippen LogP contribution in [0.5, 0.6) is 0 Å². The van der Waals surface area contributed by atoms with Crippen LogP contribution in [0.1, 0.15) is 30.4 Å². The van der Waals surface area contributed by atoms with E-state index < -0.39 is 0 Å². The Bertz CT molecular complexity index is 901. The molecule has 1 amide bonds. The highest BCUT2D eigenvalue weighted by Gasteiger charge is 2.28. The lowest BCUT2D eigenvalue weighted by atomic mass is 10.1. The van der Waals surface area contributed by atoms with Crippen LogP contribution in [-0.4, -0.2) is 30.0 Å². The highest BCUT2D eigenvalue weighted by Crippen LogP contribution is 2.28. The Hall–Kier alpha value is -2.82. The fourth-order valence-corrected chi connectivity index (χ4v) is 3.73. The minimum Gasteiger partial charge on any atom is -0.423 e. The van der Waals surface area contributed by atoms with Crippen LogP contribution in [0.15, 0.2) is 52.9 Å². The third-order valence-corrected chi connectivity index (χ3v) is 5.16. The van der Waals surface area contributed by atoms with Gasteiger partial charge in [0, 0.05) is 19.5 Å². The normalized spacial score (nSPS) is 16.8. The average Bonchev–Trinajstić information content (AvgIpc) is 3.31. The molecule has 1 N–H and O–H groups in total. The standard InChI is InChI=1S/C22H25N3O2/c1-16-6-4-7-17(14-16)11-12-21(26)23-15-18-8-5-13-25(18)22-24-19-9-2-3-10-20(19)27-22/h2-4,6-7,9-10,14,18H,5,8,11-13,15H2,1H3,(H,23,26). The van der Waals surface area contributed by atoms with Gasteiger partial charge in [-0.3, -0.25) is 4.79 Å². The van der Waals surface area contributed by atoms with Gasteiger partial charge in [0.1, 0.15) is 5.52 Å². The predicted octanol–water partition coefficient (Wildman–Crippen LogP) is 3.85. The number of oxazole rings is 1. The van der Waals surface area contributed by atoms with Gasteiger partial charge in [-0.25, -0.2) is 0 Å². The van der Waals surface area contributed by atoms with E-state index in [0.29, 0.717) is 19.0 Å². The van der Waals surface area contributed by atoms with E-state index in [1.807, 2.05) is 30.3 Å². The van der Waals surface area contributed by atoms with Gasteiger partial charge in [0.25, 0.3) is 6.01 Å². The van der Waals surface area contributed by atoms with Crippen molar-refractivity contribution in [2.75, 3.05) is 18.0 Å². The summed E-state index contributed by atoms with van der Waals surface area (Å²) in [5, 5.41) is 3.09. The van der Waals surface area contributed by atoms with E-state index in [0.717, 1.165) is 36.9 Å². The van der Waals surface area contributed by atoms with Crippen molar-refractivity contribution in [2.45, 2.75) is 38.6 Å². The molecule has 1 aliphatic rings. The summed E-state index contributed by atoms with van der Waals surface area (Å²) in [6.45, 7) is 3.62. The monoisotopic (exact) mass is 363 g/mol. The third-order valence-electron chi connectivity index (χ3n) is 5.16. The van der Waals surface area contributed by atoms with Crippen LogP contribution in [0.4, 0.5) is 6.01 Å². The predicted molar refractivity (Wildman–Crippen MR) is 107 cm³/mol. The van der Waals surface area contributed by atoms with Gasteiger partial charge in [0.15, 0.2) is 5.58 Å². The van der Waals surface area contributed by atoms with Gasteiger partial charge >= 0.3 is 0 Å². The summed E-state index contributed by atoms with van der Waals surface area (Å²) in [5.41, 5.74) is 4.12. The molecule has 2 heterocycles. The van der Waals surface area contributed by atoms with Crippen molar-refractivity contribution in [3.8, 4) is 0 Å². The van der Waals surface area contributed by atoms with Gasteiger partial charge in [0.05, 0.1) is 6.04 Å². The van der Waals surface area contributed by atoms with E-state index in [4.69, 9.17) is 4.42 Å².